The van der Waals surface area contributed by atoms with Crippen LogP contribution in [0.5, 0.6) is 0 Å². The van der Waals surface area contributed by atoms with Crippen molar-refractivity contribution in [1.82, 2.24) is 10.6 Å². The van der Waals surface area contributed by atoms with Gasteiger partial charge in [0, 0.05) is 17.1 Å². The van der Waals surface area contributed by atoms with Crippen LogP contribution in [0.2, 0.25) is 0 Å². The molecule has 2 rings (SSSR count). The van der Waals surface area contributed by atoms with Crippen molar-refractivity contribution < 1.29 is 4.79 Å². The van der Waals surface area contributed by atoms with Crippen LogP contribution in [0.4, 0.5) is 4.79 Å². The van der Waals surface area contributed by atoms with E-state index in [1.165, 1.54) is 19.3 Å². The van der Waals surface area contributed by atoms with Crippen molar-refractivity contribution in [2.45, 2.75) is 44.7 Å². The van der Waals surface area contributed by atoms with Gasteiger partial charge in [0.25, 0.3) is 0 Å². The molecule has 0 unspecified atom stereocenters. The lowest BCUT2D eigenvalue weighted by Crippen LogP contribution is -2.42. The fourth-order valence-electron chi connectivity index (χ4n) is 2.27. The summed E-state index contributed by atoms with van der Waals surface area (Å²) in [5.74, 6) is 0. The summed E-state index contributed by atoms with van der Waals surface area (Å²) in [6.45, 7) is 0.575. The molecule has 4 heteroatoms. The number of carbonyl (C=O) groups is 1. The van der Waals surface area contributed by atoms with Crippen LogP contribution in [0.25, 0.3) is 0 Å². The third-order valence-electron chi connectivity index (χ3n) is 3.31. The maximum absolute atomic E-state index is 11.7. The molecule has 0 aliphatic heterocycles. The molecule has 3 nitrogen and oxygen atoms in total. The van der Waals surface area contributed by atoms with Crippen molar-refractivity contribution in [3.63, 3.8) is 0 Å². The number of benzene rings is 1. The Morgan fingerprint density at radius 1 is 1.17 bits per heavy atom. The Labute approximate surface area is 116 Å². The first-order valence-electron chi connectivity index (χ1n) is 6.53. The summed E-state index contributed by atoms with van der Waals surface area (Å²) in [7, 11) is 0. The lowest BCUT2D eigenvalue weighted by Gasteiger charge is -2.22. The summed E-state index contributed by atoms with van der Waals surface area (Å²) >= 11 is 3.39. The number of hydrogen-bond acceptors (Lipinski definition) is 1. The fourth-order valence-corrected chi connectivity index (χ4v) is 2.53. The number of nitrogens with one attached hydrogen (secondary N) is 2. The summed E-state index contributed by atoms with van der Waals surface area (Å²) in [5.41, 5.74) is 1.11. The highest BCUT2D eigenvalue weighted by Gasteiger charge is 2.15. The summed E-state index contributed by atoms with van der Waals surface area (Å²) in [5, 5.41) is 5.94. The fraction of sp³-hybridized carbons (Fsp3) is 0.500. The molecule has 98 valence electrons. The molecule has 1 aromatic rings. The first-order chi connectivity index (χ1) is 8.74. The van der Waals surface area contributed by atoms with Gasteiger partial charge in [-0.05, 0) is 30.5 Å². The minimum Gasteiger partial charge on any atom is -0.335 e. The van der Waals surface area contributed by atoms with E-state index in [4.69, 9.17) is 0 Å². The SMILES string of the molecule is O=C(NCc1ccc(Br)cc1)NC1CCCCC1. The molecule has 1 aromatic carbocycles. The van der Waals surface area contributed by atoms with Crippen molar-refractivity contribution in [1.29, 1.82) is 0 Å². The second kappa shape index (κ2) is 6.78. The largest absolute Gasteiger partial charge is 0.335 e. The molecule has 0 saturated heterocycles. The molecule has 2 N–H and O–H groups in total. The van der Waals surface area contributed by atoms with E-state index in [-0.39, 0.29) is 6.03 Å². The van der Waals surface area contributed by atoms with Crippen molar-refractivity contribution in [3.05, 3.63) is 34.3 Å². The average Bonchev–Trinajstić information content (AvgIpc) is 2.39. The molecular formula is C14H19BrN2O. The van der Waals surface area contributed by atoms with Crippen LogP contribution >= 0.6 is 15.9 Å². The molecule has 0 aromatic heterocycles. The molecule has 2 amide bonds. The Morgan fingerprint density at radius 3 is 2.50 bits per heavy atom. The molecule has 0 heterocycles. The molecule has 0 bridgehead atoms. The molecule has 0 atom stereocenters. The molecule has 1 aliphatic rings. The molecule has 1 fully saturated rings. The summed E-state index contributed by atoms with van der Waals surface area (Å²) in [4.78, 5) is 11.7. The van der Waals surface area contributed by atoms with E-state index in [2.05, 4.69) is 26.6 Å². The van der Waals surface area contributed by atoms with E-state index in [9.17, 15) is 4.79 Å². The number of rotatable bonds is 3. The standard InChI is InChI=1S/C14H19BrN2O/c15-12-8-6-11(7-9-12)10-16-14(18)17-13-4-2-1-3-5-13/h6-9,13H,1-5,10H2,(H2,16,17,18). The monoisotopic (exact) mass is 310 g/mol. The normalized spacial score (nSPS) is 16.3. The second-order valence-corrected chi connectivity index (χ2v) is 5.70. The molecule has 0 spiro atoms. The van der Waals surface area contributed by atoms with E-state index in [1.807, 2.05) is 24.3 Å². The van der Waals surface area contributed by atoms with E-state index >= 15 is 0 Å². The topological polar surface area (TPSA) is 41.1 Å². The second-order valence-electron chi connectivity index (χ2n) is 4.79. The van der Waals surface area contributed by atoms with Crippen LogP contribution in [0.15, 0.2) is 28.7 Å². The highest BCUT2D eigenvalue weighted by molar-refractivity contribution is 9.10. The average molecular weight is 311 g/mol. The Bertz CT molecular complexity index is 385. The number of urea groups is 1. The molecule has 1 saturated carbocycles. The van der Waals surface area contributed by atoms with Gasteiger partial charge in [0.1, 0.15) is 0 Å². The van der Waals surface area contributed by atoms with Gasteiger partial charge < -0.3 is 10.6 Å². The number of halogens is 1. The lowest BCUT2D eigenvalue weighted by atomic mass is 9.96. The van der Waals surface area contributed by atoms with Gasteiger partial charge in [-0.15, -0.1) is 0 Å². The van der Waals surface area contributed by atoms with Crippen molar-refractivity contribution in [2.24, 2.45) is 0 Å². The van der Waals surface area contributed by atoms with Crippen molar-refractivity contribution >= 4 is 22.0 Å². The van der Waals surface area contributed by atoms with Crippen LogP contribution in [0.3, 0.4) is 0 Å². The van der Waals surface area contributed by atoms with Gasteiger partial charge >= 0.3 is 6.03 Å². The first kappa shape index (κ1) is 13.4. The first-order valence-corrected chi connectivity index (χ1v) is 7.32. The van der Waals surface area contributed by atoms with Crippen molar-refractivity contribution in [3.8, 4) is 0 Å². The van der Waals surface area contributed by atoms with Gasteiger partial charge in [-0.25, -0.2) is 4.79 Å². The summed E-state index contributed by atoms with van der Waals surface area (Å²) in [6, 6.07) is 8.29. The van der Waals surface area contributed by atoms with Crippen LogP contribution in [0.1, 0.15) is 37.7 Å². The molecule has 0 radical (unpaired) electrons. The Kier molecular flexibility index (Phi) is 5.05. The molecule has 1 aliphatic carbocycles. The van der Waals surface area contributed by atoms with Gasteiger partial charge in [-0.2, -0.15) is 0 Å². The Balaban J connectivity index is 1.72. The van der Waals surface area contributed by atoms with E-state index in [1.54, 1.807) is 0 Å². The van der Waals surface area contributed by atoms with Crippen LogP contribution in [0, 0.1) is 0 Å². The van der Waals surface area contributed by atoms with E-state index in [0.29, 0.717) is 12.6 Å². The third kappa shape index (κ3) is 4.33. The quantitative estimate of drug-likeness (QED) is 0.880. The predicted octanol–water partition coefficient (Wildman–Crippen LogP) is 3.58. The summed E-state index contributed by atoms with van der Waals surface area (Å²) < 4.78 is 1.05. The zero-order valence-corrected chi connectivity index (χ0v) is 12.0. The van der Waals surface area contributed by atoms with Gasteiger partial charge in [0.05, 0.1) is 0 Å². The van der Waals surface area contributed by atoms with Crippen LogP contribution < -0.4 is 10.6 Å². The van der Waals surface area contributed by atoms with Gasteiger partial charge in [-0.3, -0.25) is 0 Å². The van der Waals surface area contributed by atoms with Gasteiger partial charge in [-0.1, -0.05) is 47.3 Å². The molecule has 18 heavy (non-hydrogen) atoms. The van der Waals surface area contributed by atoms with Crippen LogP contribution in [-0.2, 0) is 6.54 Å². The third-order valence-corrected chi connectivity index (χ3v) is 3.84. The Morgan fingerprint density at radius 2 is 1.83 bits per heavy atom. The molecular weight excluding hydrogens is 292 g/mol. The maximum atomic E-state index is 11.7. The highest BCUT2D eigenvalue weighted by Crippen LogP contribution is 2.17. The van der Waals surface area contributed by atoms with Gasteiger partial charge in [0.2, 0.25) is 0 Å². The van der Waals surface area contributed by atoms with E-state index < -0.39 is 0 Å². The minimum absolute atomic E-state index is 0.0511. The Hall–Kier alpha value is -1.03. The summed E-state index contributed by atoms with van der Waals surface area (Å²) in [6.07, 6.45) is 6.01. The smallest absolute Gasteiger partial charge is 0.315 e. The maximum Gasteiger partial charge on any atom is 0.315 e. The van der Waals surface area contributed by atoms with Crippen molar-refractivity contribution in [2.75, 3.05) is 0 Å². The van der Waals surface area contributed by atoms with E-state index in [0.717, 1.165) is 22.9 Å². The predicted molar refractivity (Wildman–Crippen MR) is 76.4 cm³/mol. The van der Waals surface area contributed by atoms with Gasteiger partial charge in [0.15, 0.2) is 0 Å². The highest BCUT2D eigenvalue weighted by atomic mass is 79.9. The number of hydrogen-bond donors (Lipinski definition) is 2. The zero-order valence-electron chi connectivity index (χ0n) is 10.4. The number of amides is 2. The lowest BCUT2D eigenvalue weighted by molar-refractivity contribution is 0.232. The zero-order chi connectivity index (χ0) is 12.8. The number of carbonyl (C=O) groups excluding carboxylic acids is 1. The van der Waals surface area contributed by atoms with Crippen LogP contribution in [-0.4, -0.2) is 12.1 Å². The minimum atomic E-state index is -0.0511.